The van der Waals surface area contributed by atoms with E-state index in [1.54, 1.807) is 54.0 Å². The highest BCUT2D eigenvalue weighted by molar-refractivity contribution is 6.01. The number of hydrazone groups is 1. The molecule has 2 aromatic carbocycles. The Labute approximate surface area is 155 Å². The van der Waals surface area contributed by atoms with E-state index in [4.69, 9.17) is 0 Å². The van der Waals surface area contributed by atoms with Crippen molar-refractivity contribution in [1.82, 2.24) is 15.0 Å². The standard InChI is InChI=1S/C20H18N4O3/c1-12(13-4-7-15(25)8-5-13)22-23-19(26)14-6-9-16-17(11-14)21-18-3-2-10-24(18)20(16)27/h4-9,11,25H,2-3,10H2,1H3,(H,23,26)/b22-12+. The number of phenolic OH excluding ortho intramolecular Hbond substituents is 1. The minimum Gasteiger partial charge on any atom is -0.508 e. The van der Waals surface area contributed by atoms with Gasteiger partial charge in [-0.25, -0.2) is 10.4 Å². The van der Waals surface area contributed by atoms with Crippen LogP contribution in [0.3, 0.4) is 0 Å². The van der Waals surface area contributed by atoms with Crippen LogP contribution in [-0.2, 0) is 13.0 Å². The fourth-order valence-electron chi connectivity index (χ4n) is 3.19. The number of carbonyl (C=O) groups excluding carboxylic acids is 1. The molecule has 0 aliphatic carbocycles. The number of hydrogen-bond acceptors (Lipinski definition) is 5. The lowest BCUT2D eigenvalue weighted by Gasteiger charge is -2.07. The van der Waals surface area contributed by atoms with E-state index in [2.05, 4.69) is 15.5 Å². The van der Waals surface area contributed by atoms with Gasteiger partial charge in [-0.15, -0.1) is 0 Å². The molecule has 1 aliphatic rings. The smallest absolute Gasteiger partial charge is 0.271 e. The summed E-state index contributed by atoms with van der Waals surface area (Å²) in [6, 6.07) is 11.4. The second-order valence-electron chi connectivity index (χ2n) is 6.51. The Morgan fingerprint density at radius 1 is 1.19 bits per heavy atom. The van der Waals surface area contributed by atoms with Gasteiger partial charge in [0.1, 0.15) is 11.6 Å². The van der Waals surface area contributed by atoms with Crippen LogP contribution in [0, 0.1) is 0 Å². The minimum absolute atomic E-state index is 0.0550. The lowest BCUT2D eigenvalue weighted by atomic mass is 10.1. The van der Waals surface area contributed by atoms with E-state index in [0.29, 0.717) is 28.7 Å². The Balaban J connectivity index is 1.59. The van der Waals surface area contributed by atoms with E-state index in [1.807, 2.05) is 0 Å². The number of aromatic nitrogens is 2. The van der Waals surface area contributed by atoms with Gasteiger partial charge < -0.3 is 5.11 Å². The second kappa shape index (κ2) is 6.68. The van der Waals surface area contributed by atoms with Gasteiger partial charge in [0.05, 0.1) is 16.6 Å². The lowest BCUT2D eigenvalue weighted by Crippen LogP contribution is -2.22. The summed E-state index contributed by atoms with van der Waals surface area (Å²) < 4.78 is 1.70. The predicted molar refractivity (Wildman–Crippen MR) is 102 cm³/mol. The van der Waals surface area contributed by atoms with Crippen molar-refractivity contribution >= 4 is 22.5 Å². The van der Waals surface area contributed by atoms with Crippen molar-refractivity contribution in [1.29, 1.82) is 0 Å². The maximum Gasteiger partial charge on any atom is 0.271 e. The van der Waals surface area contributed by atoms with Crippen LogP contribution in [0.25, 0.3) is 10.9 Å². The molecule has 0 saturated heterocycles. The molecule has 7 heteroatoms. The van der Waals surface area contributed by atoms with Crippen LogP contribution in [0.15, 0.2) is 52.4 Å². The van der Waals surface area contributed by atoms with Crippen molar-refractivity contribution in [3.63, 3.8) is 0 Å². The van der Waals surface area contributed by atoms with Crippen LogP contribution in [0.2, 0.25) is 0 Å². The first-order valence-electron chi connectivity index (χ1n) is 8.70. The van der Waals surface area contributed by atoms with Gasteiger partial charge in [0.25, 0.3) is 11.5 Å². The number of aromatic hydroxyl groups is 1. The molecule has 0 bridgehead atoms. The van der Waals surface area contributed by atoms with Crippen molar-refractivity contribution in [3.05, 3.63) is 69.8 Å². The molecule has 7 nitrogen and oxygen atoms in total. The SMILES string of the molecule is C/C(=N\NC(=O)c1ccc2c(=O)n3c(nc2c1)CCC3)c1ccc(O)cc1. The average molecular weight is 362 g/mol. The Kier molecular flexibility index (Phi) is 4.19. The van der Waals surface area contributed by atoms with Crippen LogP contribution in [0.4, 0.5) is 0 Å². The summed E-state index contributed by atoms with van der Waals surface area (Å²) in [5, 5.41) is 14.0. The van der Waals surface area contributed by atoms with E-state index in [9.17, 15) is 14.7 Å². The molecule has 0 saturated carbocycles. The van der Waals surface area contributed by atoms with Crippen molar-refractivity contribution in [3.8, 4) is 5.75 Å². The first-order chi connectivity index (χ1) is 13.0. The zero-order valence-corrected chi connectivity index (χ0v) is 14.8. The molecular formula is C20H18N4O3. The normalized spacial score (nSPS) is 13.6. The highest BCUT2D eigenvalue weighted by Gasteiger charge is 2.17. The third-order valence-electron chi connectivity index (χ3n) is 4.69. The maximum absolute atomic E-state index is 12.5. The summed E-state index contributed by atoms with van der Waals surface area (Å²) in [6.45, 7) is 2.46. The third kappa shape index (κ3) is 3.19. The van der Waals surface area contributed by atoms with Gasteiger partial charge in [-0.3, -0.25) is 14.2 Å². The van der Waals surface area contributed by atoms with E-state index in [0.717, 1.165) is 24.2 Å². The number of nitrogens with zero attached hydrogens (tertiary/aromatic N) is 3. The largest absolute Gasteiger partial charge is 0.508 e. The monoisotopic (exact) mass is 362 g/mol. The molecule has 0 atom stereocenters. The summed E-state index contributed by atoms with van der Waals surface area (Å²) in [7, 11) is 0. The summed E-state index contributed by atoms with van der Waals surface area (Å²) >= 11 is 0. The van der Waals surface area contributed by atoms with Crippen molar-refractivity contribution in [2.24, 2.45) is 5.10 Å². The zero-order chi connectivity index (χ0) is 19.0. The number of carbonyl (C=O) groups is 1. The zero-order valence-electron chi connectivity index (χ0n) is 14.8. The number of aryl methyl sites for hydroxylation is 1. The molecule has 136 valence electrons. The van der Waals surface area contributed by atoms with Gasteiger partial charge in [0.15, 0.2) is 0 Å². The highest BCUT2D eigenvalue weighted by Crippen LogP contribution is 2.16. The number of phenols is 1. The summed E-state index contributed by atoms with van der Waals surface area (Å²) in [6.07, 6.45) is 1.69. The van der Waals surface area contributed by atoms with Crippen LogP contribution in [0.5, 0.6) is 5.75 Å². The number of fused-ring (bicyclic) bond motifs is 2. The molecule has 1 aliphatic heterocycles. The number of nitrogens with one attached hydrogen (secondary N) is 1. The molecule has 27 heavy (non-hydrogen) atoms. The number of amides is 1. The van der Waals surface area contributed by atoms with Crippen LogP contribution in [-0.4, -0.2) is 26.3 Å². The van der Waals surface area contributed by atoms with Gasteiger partial charge >= 0.3 is 0 Å². The summed E-state index contributed by atoms with van der Waals surface area (Å²) in [5.74, 6) is 0.560. The van der Waals surface area contributed by atoms with Gasteiger partial charge in [-0.2, -0.15) is 5.10 Å². The fraction of sp³-hybridized carbons (Fsp3) is 0.200. The van der Waals surface area contributed by atoms with E-state index < -0.39 is 0 Å². The summed E-state index contributed by atoms with van der Waals surface area (Å²) in [4.78, 5) is 29.4. The fourth-order valence-corrected chi connectivity index (χ4v) is 3.19. The Hall–Kier alpha value is -3.48. The van der Waals surface area contributed by atoms with Crippen LogP contribution >= 0.6 is 0 Å². The number of benzene rings is 2. The Morgan fingerprint density at radius 3 is 2.70 bits per heavy atom. The molecular weight excluding hydrogens is 344 g/mol. The Morgan fingerprint density at radius 2 is 1.93 bits per heavy atom. The third-order valence-corrected chi connectivity index (χ3v) is 4.69. The molecule has 3 aromatic rings. The van der Waals surface area contributed by atoms with Gasteiger partial charge in [0, 0.05) is 18.5 Å². The Bertz CT molecular complexity index is 1130. The molecule has 1 amide bonds. The van der Waals surface area contributed by atoms with Gasteiger partial charge in [-0.1, -0.05) is 0 Å². The first-order valence-corrected chi connectivity index (χ1v) is 8.70. The molecule has 0 spiro atoms. The molecule has 0 fully saturated rings. The van der Waals surface area contributed by atoms with E-state index >= 15 is 0 Å². The maximum atomic E-state index is 12.5. The number of rotatable bonds is 3. The number of hydrogen-bond donors (Lipinski definition) is 2. The van der Waals surface area contributed by atoms with Crippen molar-refractivity contribution in [2.45, 2.75) is 26.3 Å². The van der Waals surface area contributed by atoms with E-state index in [1.165, 1.54) is 0 Å². The molecule has 1 aromatic heterocycles. The van der Waals surface area contributed by atoms with Gasteiger partial charge in [-0.05, 0) is 61.4 Å². The quantitative estimate of drug-likeness (QED) is 0.551. The highest BCUT2D eigenvalue weighted by atomic mass is 16.3. The molecule has 2 heterocycles. The topological polar surface area (TPSA) is 96.6 Å². The predicted octanol–water partition coefficient (Wildman–Crippen LogP) is 2.20. The summed E-state index contributed by atoms with van der Waals surface area (Å²) in [5.41, 5.74) is 4.78. The van der Waals surface area contributed by atoms with Gasteiger partial charge in [0.2, 0.25) is 0 Å². The second-order valence-corrected chi connectivity index (χ2v) is 6.51. The van der Waals surface area contributed by atoms with Crippen LogP contribution < -0.4 is 11.0 Å². The van der Waals surface area contributed by atoms with E-state index in [-0.39, 0.29) is 17.2 Å². The van der Waals surface area contributed by atoms with Crippen LogP contribution in [0.1, 0.15) is 35.1 Å². The lowest BCUT2D eigenvalue weighted by molar-refractivity contribution is 0.0955. The van der Waals surface area contributed by atoms with Crippen molar-refractivity contribution < 1.29 is 9.90 Å². The molecule has 0 unspecified atom stereocenters. The molecule has 2 N–H and O–H groups in total. The molecule has 4 rings (SSSR count). The minimum atomic E-state index is -0.377. The first kappa shape index (κ1) is 17.0. The molecule has 0 radical (unpaired) electrons. The van der Waals surface area contributed by atoms with Crippen molar-refractivity contribution in [2.75, 3.05) is 0 Å². The average Bonchev–Trinajstić information content (AvgIpc) is 3.15.